The fraction of sp³-hybridized carbons (Fsp3) is 0.250. The summed E-state index contributed by atoms with van der Waals surface area (Å²) in [6, 6.07) is 4.71. The summed E-state index contributed by atoms with van der Waals surface area (Å²) >= 11 is 0. The van der Waals surface area contributed by atoms with Gasteiger partial charge in [0, 0.05) is 21.1 Å². The molecule has 0 aliphatic rings. The largest absolute Gasteiger partial charge is 0.504 e. The molecular weight excluding hydrogens is 337 g/mol. The molecule has 3 nitrogen and oxygen atoms in total. The van der Waals surface area contributed by atoms with E-state index in [4.69, 9.17) is 15.9 Å². The van der Waals surface area contributed by atoms with Crippen LogP contribution in [0.3, 0.4) is 0 Å². The molecule has 0 aromatic heterocycles. The second-order valence-electron chi connectivity index (χ2n) is 2.36. The first kappa shape index (κ1) is 11.5. The molecule has 1 aromatic rings. The molecule has 0 radical (unpaired) electrons. The van der Waals surface area contributed by atoms with Crippen molar-refractivity contribution in [2.45, 2.75) is 6.42 Å². The Bertz CT molecular complexity index is 253. The molecule has 0 fully saturated rings. The van der Waals surface area contributed by atoms with Gasteiger partial charge in [0.2, 0.25) is 0 Å². The zero-order valence-corrected chi connectivity index (χ0v) is 8.71. The Balaban J connectivity index is 0.00000121. The van der Waals surface area contributed by atoms with E-state index in [2.05, 4.69) is 0 Å². The van der Waals surface area contributed by atoms with Crippen LogP contribution in [0.1, 0.15) is 5.56 Å². The number of nitrogens with two attached hydrogens (primary N) is 1. The molecule has 0 spiro atoms. The van der Waals surface area contributed by atoms with Crippen LogP contribution in [0.25, 0.3) is 0 Å². The second kappa shape index (κ2) is 5.17. The number of hydrogen-bond donors (Lipinski definition) is 3. The predicted molar refractivity (Wildman–Crippen MR) is 42.5 cm³/mol. The molecule has 0 atom stereocenters. The van der Waals surface area contributed by atoms with Crippen molar-refractivity contribution >= 4 is 0 Å². The zero-order valence-electron chi connectivity index (χ0n) is 6.43. The number of phenols is 2. The maximum absolute atomic E-state index is 9.04. The molecule has 12 heavy (non-hydrogen) atoms. The fourth-order valence-corrected chi connectivity index (χ4v) is 0.891. The molecule has 0 aliphatic heterocycles. The average molecular weight is 348 g/mol. The topological polar surface area (TPSA) is 66.5 Å². The minimum atomic E-state index is -0.0919. The molecule has 1 rings (SSSR count). The zero-order chi connectivity index (χ0) is 8.27. The summed E-state index contributed by atoms with van der Waals surface area (Å²) < 4.78 is 0. The second-order valence-corrected chi connectivity index (χ2v) is 2.36. The SMILES string of the molecule is NCCc1ccc(O)c(O)c1.[Pt]. The maximum Gasteiger partial charge on any atom is 0.157 e. The van der Waals surface area contributed by atoms with Gasteiger partial charge in [-0.25, -0.2) is 0 Å². The van der Waals surface area contributed by atoms with E-state index in [1.54, 1.807) is 6.07 Å². The smallest absolute Gasteiger partial charge is 0.157 e. The summed E-state index contributed by atoms with van der Waals surface area (Å²) in [7, 11) is 0. The maximum atomic E-state index is 9.04. The normalized spacial score (nSPS) is 9.08. The molecule has 4 heteroatoms. The number of rotatable bonds is 2. The number of hydrogen-bond acceptors (Lipinski definition) is 3. The summed E-state index contributed by atoms with van der Waals surface area (Å²) in [5.74, 6) is -0.179. The molecule has 4 N–H and O–H groups in total. The molecular formula is C8H11NO2Pt. The molecule has 0 bridgehead atoms. The van der Waals surface area contributed by atoms with Crippen LogP contribution in [-0.4, -0.2) is 16.8 Å². The van der Waals surface area contributed by atoms with E-state index < -0.39 is 0 Å². The van der Waals surface area contributed by atoms with Gasteiger partial charge in [-0.15, -0.1) is 0 Å². The number of aromatic hydroxyl groups is 2. The summed E-state index contributed by atoms with van der Waals surface area (Å²) in [6.45, 7) is 0.546. The first-order valence-electron chi connectivity index (χ1n) is 3.45. The summed E-state index contributed by atoms with van der Waals surface area (Å²) in [5.41, 5.74) is 6.24. The Morgan fingerprint density at radius 3 is 2.33 bits per heavy atom. The van der Waals surface area contributed by atoms with E-state index in [0.717, 1.165) is 5.56 Å². The van der Waals surface area contributed by atoms with Gasteiger partial charge in [-0.05, 0) is 30.7 Å². The monoisotopic (exact) mass is 348 g/mol. The van der Waals surface area contributed by atoms with Crippen LogP contribution in [-0.2, 0) is 27.5 Å². The van der Waals surface area contributed by atoms with Crippen molar-refractivity contribution in [3.63, 3.8) is 0 Å². The minimum absolute atomic E-state index is 0. The van der Waals surface area contributed by atoms with Gasteiger partial charge in [0.15, 0.2) is 11.5 Å². The molecule has 0 heterocycles. The van der Waals surface area contributed by atoms with Crippen LogP contribution < -0.4 is 5.73 Å². The van der Waals surface area contributed by atoms with Crippen LogP contribution in [0.5, 0.6) is 11.5 Å². The standard InChI is InChI=1S/C8H11NO2.Pt/c9-4-3-6-1-2-7(10)8(11)5-6;/h1-2,5,10-11H,3-4,9H2;. The average Bonchev–Trinajstić information content (AvgIpc) is 1.98. The van der Waals surface area contributed by atoms with Crippen molar-refractivity contribution in [3.05, 3.63) is 23.8 Å². The van der Waals surface area contributed by atoms with E-state index in [-0.39, 0.29) is 32.6 Å². The Labute approximate surface area is 85.5 Å². The van der Waals surface area contributed by atoms with Crippen molar-refractivity contribution in [1.82, 2.24) is 0 Å². The Morgan fingerprint density at radius 1 is 1.17 bits per heavy atom. The van der Waals surface area contributed by atoms with E-state index in [1.165, 1.54) is 12.1 Å². The molecule has 0 saturated carbocycles. The predicted octanol–water partition coefficient (Wildman–Crippen LogP) is 0.596. The third-order valence-corrected chi connectivity index (χ3v) is 1.47. The Hall–Kier alpha value is -0.532. The third kappa shape index (κ3) is 2.84. The third-order valence-electron chi connectivity index (χ3n) is 1.47. The fourth-order valence-electron chi connectivity index (χ4n) is 0.891. The number of phenolic OH excluding ortho intramolecular Hbond substituents is 2. The summed E-state index contributed by atoms with van der Waals surface area (Å²) in [4.78, 5) is 0. The van der Waals surface area contributed by atoms with Gasteiger partial charge in [-0.1, -0.05) is 6.07 Å². The van der Waals surface area contributed by atoms with Crippen LogP contribution in [0.2, 0.25) is 0 Å². The van der Waals surface area contributed by atoms with Gasteiger partial charge in [0.25, 0.3) is 0 Å². The van der Waals surface area contributed by atoms with Crippen LogP contribution in [0.15, 0.2) is 18.2 Å². The van der Waals surface area contributed by atoms with Crippen LogP contribution in [0, 0.1) is 0 Å². The van der Waals surface area contributed by atoms with E-state index in [9.17, 15) is 0 Å². The first-order valence-corrected chi connectivity index (χ1v) is 3.45. The Morgan fingerprint density at radius 2 is 1.83 bits per heavy atom. The van der Waals surface area contributed by atoms with Gasteiger partial charge in [0.05, 0.1) is 0 Å². The minimum Gasteiger partial charge on any atom is -0.504 e. The molecule has 1 aromatic carbocycles. The van der Waals surface area contributed by atoms with Gasteiger partial charge in [-0.2, -0.15) is 0 Å². The molecule has 0 unspecified atom stereocenters. The van der Waals surface area contributed by atoms with E-state index in [1.807, 2.05) is 0 Å². The van der Waals surface area contributed by atoms with Crippen LogP contribution >= 0.6 is 0 Å². The Kier molecular flexibility index (Phi) is 4.94. The quantitative estimate of drug-likeness (QED) is 0.686. The van der Waals surface area contributed by atoms with Gasteiger partial charge in [-0.3, -0.25) is 0 Å². The van der Waals surface area contributed by atoms with Gasteiger partial charge < -0.3 is 15.9 Å². The van der Waals surface area contributed by atoms with Crippen molar-refractivity contribution < 1.29 is 31.3 Å². The summed E-state index contributed by atoms with van der Waals surface area (Å²) in [5, 5.41) is 18.0. The van der Waals surface area contributed by atoms with E-state index in [0.29, 0.717) is 13.0 Å². The van der Waals surface area contributed by atoms with Gasteiger partial charge in [0.1, 0.15) is 0 Å². The van der Waals surface area contributed by atoms with E-state index >= 15 is 0 Å². The molecule has 0 saturated heterocycles. The summed E-state index contributed by atoms with van der Waals surface area (Å²) in [6.07, 6.45) is 0.716. The number of benzene rings is 1. The van der Waals surface area contributed by atoms with Crippen molar-refractivity contribution in [2.24, 2.45) is 5.73 Å². The molecule has 0 amide bonds. The van der Waals surface area contributed by atoms with Crippen LogP contribution in [0.4, 0.5) is 0 Å². The van der Waals surface area contributed by atoms with Crippen molar-refractivity contribution in [2.75, 3.05) is 6.54 Å². The first-order chi connectivity index (χ1) is 5.24. The molecule has 70 valence electrons. The van der Waals surface area contributed by atoms with Crippen molar-refractivity contribution in [3.8, 4) is 11.5 Å². The van der Waals surface area contributed by atoms with Gasteiger partial charge >= 0.3 is 0 Å². The molecule has 0 aliphatic carbocycles. The van der Waals surface area contributed by atoms with Crippen molar-refractivity contribution in [1.29, 1.82) is 0 Å².